The van der Waals surface area contributed by atoms with E-state index in [0.717, 1.165) is 24.3 Å². The number of fused-ring (bicyclic) bond motifs is 1. The highest BCUT2D eigenvalue weighted by molar-refractivity contribution is 5.37. The molecule has 116 valence electrons. The van der Waals surface area contributed by atoms with E-state index in [1.54, 1.807) is 0 Å². The Hall–Kier alpha value is -1.02. The van der Waals surface area contributed by atoms with Gasteiger partial charge in [0.15, 0.2) is 0 Å². The van der Waals surface area contributed by atoms with Gasteiger partial charge < -0.3 is 10.1 Å². The van der Waals surface area contributed by atoms with Gasteiger partial charge >= 0.3 is 0 Å². The van der Waals surface area contributed by atoms with Gasteiger partial charge in [-0.05, 0) is 62.1 Å². The zero-order valence-corrected chi connectivity index (χ0v) is 13.3. The van der Waals surface area contributed by atoms with Crippen LogP contribution in [0.3, 0.4) is 0 Å². The van der Waals surface area contributed by atoms with Crippen LogP contribution in [-0.4, -0.2) is 19.2 Å². The van der Waals surface area contributed by atoms with Crippen molar-refractivity contribution >= 4 is 0 Å². The molecule has 1 fully saturated rings. The van der Waals surface area contributed by atoms with Crippen molar-refractivity contribution in [1.82, 2.24) is 5.32 Å². The Kier molecular flexibility index (Phi) is 5.18. The molecule has 0 saturated heterocycles. The van der Waals surface area contributed by atoms with E-state index in [4.69, 9.17) is 4.74 Å². The molecule has 2 heteroatoms. The van der Waals surface area contributed by atoms with E-state index in [-0.39, 0.29) is 0 Å². The van der Waals surface area contributed by atoms with E-state index in [9.17, 15) is 0 Å². The second-order valence-corrected chi connectivity index (χ2v) is 6.79. The average Bonchev–Trinajstić information content (AvgIpc) is 2.54. The zero-order chi connectivity index (χ0) is 14.5. The number of ether oxygens (including phenoxy) is 1. The summed E-state index contributed by atoms with van der Waals surface area (Å²) in [5, 5.41) is 3.73. The average molecular weight is 287 g/mol. The number of para-hydroxylation sites is 1. The Bertz CT molecular complexity index is 445. The molecule has 2 aliphatic rings. The summed E-state index contributed by atoms with van der Waals surface area (Å²) < 4.78 is 5.80. The van der Waals surface area contributed by atoms with Crippen LogP contribution in [0.4, 0.5) is 0 Å². The van der Waals surface area contributed by atoms with Gasteiger partial charge in [0.05, 0.1) is 6.61 Å². The summed E-state index contributed by atoms with van der Waals surface area (Å²) in [4.78, 5) is 0. The maximum Gasteiger partial charge on any atom is 0.122 e. The first-order valence-electron chi connectivity index (χ1n) is 8.82. The van der Waals surface area contributed by atoms with E-state index in [1.807, 2.05) is 0 Å². The fourth-order valence-electron chi connectivity index (χ4n) is 4.10. The van der Waals surface area contributed by atoms with Crippen LogP contribution in [0.25, 0.3) is 0 Å². The van der Waals surface area contributed by atoms with Gasteiger partial charge in [0.1, 0.15) is 5.75 Å². The molecule has 3 rings (SSSR count). The molecule has 0 aromatic heterocycles. The lowest BCUT2D eigenvalue weighted by Gasteiger charge is -2.34. The van der Waals surface area contributed by atoms with Gasteiger partial charge in [-0.15, -0.1) is 0 Å². The topological polar surface area (TPSA) is 21.3 Å². The van der Waals surface area contributed by atoms with Crippen molar-refractivity contribution in [3.05, 3.63) is 29.8 Å². The SMILES string of the molecule is CCCNC1CCCC(CC2CCOc3ccccc32)C1. The van der Waals surface area contributed by atoms with Gasteiger partial charge in [0, 0.05) is 6.04 Å². The fraction of sp³-hybridized carbons (Fsp3) is 0.684. The molecule has 0 radical (unpaired) electrons. The Morgan fingerprint density at radius 1 is 1.19 bits per heavy atom. The van der Waals surface area contributed by atoms with Crippen LogP contribution in [0, 0.1) is 5.92 Å². The zero-order valence-electron chi connectivity index (χ0n) is 13.3. The summed E-state index contributed by atoms with van der Waals surface area (Å²) in [6, 6.07) is 9.42. The van der Waals surface area contributed by atoms with Gasteiger partial charge in [-0.3, -0.25) is 0 Å². The van der Waals surface area contributed by atoms with Crippen LogP contribution < -0.4 is 10.1 Å². The third kappa shape index (κ3) is 3.79. The van der Waals surface area contributed by atoms with Crippen molar-refractivity contribution in [2.24, 2.45) is 5.92 Å². The predicted octanol–water partition coefficient (Wildman–Crippen LogP) is 4.50. The molecule has 21 heavy (non-hydrogen) atoms. The lowest BCUT2D eigenvalue weighted by atomic mass is 9.77. The molecule has 0 amide bonds. The molecule has 0 spiro atoms. The molecule has 0 bridgehead atoms. The van der Waals surface area contributed by atoms with Gasteiger partial charge in [-0.1, -0.05) is 38.0 Å². The van der Waals surface area contributed by atoms with Gasteiger partial charge in [0.25, 0.3) is 0 Å². The highest BCUT2D eigenvalue weighted by atomic mass is 16.5. The van der Waals surface area contributed by atoms with E-state index >= 15 is 0 Å². The maximum absolute atomic E-state index is 5.80. The van der Waals surface area contributed by atoms with Crippen molar-refractivity contribution in [2.45, 2.75) is 63.8 Å². The second kappa shape index (κ2) is 7.31. The number of hydrogen-bond donors (Lipinski definition) is 1. The standard InChI is InChI=1S/C19H29NO/c1-2-11-20-17-7-5-6-15(14-17)13-16-10-12-21-19-9-4-3-8-18(16)19/h3-4,8-9,15-17,20H,2,5-7,10-14H2,1H3. The van der Waals surface area contributed by atoms with Crippen molar-refractivity contribution in [3.63, 3.8) is 0 Å². The summed E-state index contributed by atoms with van der Waals surface area (Å²) in [7, 11) is 0. The van der Waals surface area contributed by atoms with Crippen LogP contribution in [0.5, 0.6) is 5.75 Å². The third-order valence-corrected chi connectivity index (χ3v) is 5.17. The molecule has 1 N–H and O–H groups in total. The van der Waals surface area contributed by atoms with Crippen LogP contribution in [0.1, 0.15) is 63.4 Å². The van der Waals surface area contributed by atoms with E-state index < -0.39 is 0 Å². The smallest absolute Gasteiger partial charge is 0.122 e. The summed E-state index contributed by atoms with van der Waals surface area (Å²) in [5.74, 6) is 2.74. The quantitative estimate of drug-likeness (QED) is 0.861. The Labute approximate surface area is 129 Å². The Balaban J connectivity index is 1.59. The highest BCUT2D eigenvalue weighted by Gasteiger charge is 2.27. The van der Waals surface area contributed by atoms with Gasteiger partial charge in [0.2, 0.25) is 0 Å². The third-order valence-electron chi connectivity index (χ3n) is 5.17. The Morgan fingerprint density at radius 2 is 2.10 bits per heavy atom. The highest BCUT2D eigenvalue weighted by Crippen LogP contribution is 2.40. The largest absolute Gasteiger partial charge is 0.493 e. The molecular weight excluding hydrogens is 258 g/mol. The number of hydrogen-bond acceptors (Lipinski definition) is 2. The van der Waals surface area contributed by atoms with Crippen molar-refractivity contribution in [2.75, 3.05) is 13.2 Å². The maximum atomic E-state index is 5.80. The molecule has 1 aliphatic carbocycles. The fourth-order valence-corrected chi connectivity index (χ4v) is 4.10. The van der Waals surface area contributed by atoms with Crippen molar-refractivity contribution in [1.29, 1.82) is 0 Å². The van der Waals surface area contributed by atoms with Gasteiger partial charge in [-0.2, -0.15) is 0 Å². The molecule has 3 atom stereocenters. The lowest BCUT2D eigenvalue weighted by Crippen LogP contribution is -2.35. The minimum absolute atomic E-state index is 0.713. The molecule has 3 unspecified atom stereocenters. The molecule has 1 aliphatic heterocycles. The number of rotatable bonds is 5. The monoisotopic (exact) mass is 287 g/mol. The normalized spacial score (nSPS) is 28.7. The van der Waals surface area contributed by atoms with Crippen LogP contribution in [0.2, 0.25) is 0 Å². The van der Waals surface area contributed by atoms with Crippen molar-refractivity contribution in [3.8, 4) is 5.75 Å². The molecule has 1 aromatic rings. The molecular formula is C19H29NO. The van der Waals surface area contributed by atoms with Crippen LogP contribution >= 0.6 is 0 Å². The van der Waals surface area contributed by atoms with Crippen molar-refractivity contribution < 1.29 is 4.74 Å². The first kappa shape index (κ1) is 14.9. The van der Waals surface area contributed by atoms with E-state index in [1.165, 1.54) is 57.1 Å². The first-order chi connectivity index (χ1) is 10.4. The van der Waals surface area contributed by atoms with E-state index in [0.29, 0.717) is 5.92 Å². The minimum atomic E-state index is 0.713. The number of nitrogens with one attached hydrogen (secondary N) is 1. The van der Waals surface area contributed by atoms with Crippen LogP contribution in [0.15, 0.2) is 24.3 Å². The summed E-state index contributed by atoms with van der Waals surface area (Å²) in [6.07, 6.45) is 9.36. The summed E-state index contributed by atoms with van der Waals surface area (Å²) >= 11 is 0. The molecule has 1 saturated carbocycles. The summed E-state index contributed by atoms with van der Waals surface area (Å²) in [6.45, 7) is 4.33. The van der Waals surface area contributed by atoms with E-state index in [2.05, 4.69) is 36.5 Å². The minimum Gasteiger partial charge on any atom is -0.493 e. The number of benzene rings is 1. The lowest BCUT2D eigenvalue weighted by molar-refractivity contribution is 0.221. The first-order valence-corrected chi connectivity index (χ1v) is 8.82. The summed E-state index contributed by atoms with van der Waals surface area (Å²) in [5.41, 5.74) is 1.45. The predicted molar refractivity (Wildman–Crippen MR) is 88.0 cm³/mol. The molecule has 1 aromatic carbocycles. The van der Waals surface area contributed by atoms with Gasteiger partial charge in [-0.25, -0.2) is 0 Å². The second-order valence-electron chi connectivity index (χ2n) is 6.79. The Morgan fingerprint density at radius 3 is 3.00 bits per heavy atom. The molecule has 2 nitrogen and oxygen atoms in total. The van der Waals surface area contributed by atoms with Crippen LogP contribution in [-0.2, 0) is 0 Å². The molecule has 1 heterocycles.